The van der Waals surface area contributed by atoms with Gasteiger partial charge in [-0.1, -0.05) is 23.5 Å². The monoisotopic (exact) mass is 483 g/mol. The second kappa shape index (κ2) is 14.8. The number of amides is 2. The fourth-order valence-electron chi connectivity index (χ4n) is 2.93. The zero-order valence-corrected chi connectivity index (χ0v) is 19.3. The van der Waals surface area contributed by atoms with Gasteiger partial charge in [0.15, 0.2) is 0 Å². The summed E-state index contributed by atoms with van der Waals surface area (Å²) < 4.78 is 18.4. The highest BCUT2D eigenvalue weighted by atomic mass is 16.5. The lowest BCUT2D eigenvalue weighted by Gasteiger charge is -2.12. The van der Waals surface area contributed by atoms with Crippen molar-refractivity contribution in [3.63, 3.8) is 0 Å². The second-order valence-corrected chi connectivity index (χ2v) is 7.40. The maximum atomic E-state index is 11.8. The Morgan fingerprint density at radius 1 is 1.06 bits per heavy atom. The molecule has 0 saturated heterocycles. The molecule has 11 nitrogen and oxygen atoms in total. The number of aliphatic hydroxyl groups excluding tert-OH is 1. The van der Waals surface area contributed by atoms with E-state index >= 15 is 0 Å². The lowest BCUT2D eigenvalue weighted by atomic mass is 10.1. The van der Waals surface area contributed by atoms with E-state index in [4.69, 9.17) is 37.9 Å². The normalized spacial score (nSPS) is 11.1. The lowest BCUT2D eigenvalue weighted by Crippen LogP contribution is -2.46. The van der Waals surface area contributed by atoms with Gasteiger partial charge in [0.05, 0.1) is 12.8 Å². The van der Waals surface area contributed by atoms with Crippen molar-refractivity contribution in [3.8, 4) is 41.9 Å². The third kappa shape index (κ3) is 10.1. The summed E-state index contributed by atoms with van der Waals surface area (Å²) in [5.74, 6) is 5.18. The summed E-state index contributed by atoms with van der Waals surface area (Å²) in [7, 11) is 0. The first-order valence-electron chi connectivity index (χ1n) is 10.9. The number of rotatable bonds is 16. The molecule has 186 valence electrons. The Morgan fingerprint density at radius 2 is 1.69 bits per heavy atom. The minimum Gasteiger partial charge on any atom is -0.487 e. The van der Waals surface area contributed by atoms with Crippen LogP contribution in [0.2, 0.25) is 0 Å². The third-order valence-electron chi connectivity index (χ3n) is 4.62. The van der Waals surface area contributed by atoms with Gasteiger partial charge in [0.2, 0.25) is 11.8 Å². The Morgan fingerprint density at radius 3 is 2.26 bits per heavy atom. The maximum absolute atomic E-state index is 11.8. The van der Waals surface area contributed by atoms with Gasteiger partial charge in [0.25, 0.3) is 0 Å². The van der Waals surface area contributed by atoms with Crippen LogP contribution in [0.1, 0.15) is 31.4 Å². The largest absolute Gasteiger partial charge is 0.487 e. The van der Waals surface area contributed by atoms with Crippen molar-refractivity contribution in [1.82, 2.24) is 20.3 Å². The first-order chi connectivity index (χ1) is 16.9. The molecule has 1 atom stereocenters. The summed E-state index contributed by atoms with van der Waals surface area (Å²) in [6.45, 7) is 0.486. The van der Waals surface area contributed by atoms with Crippen LogP contribution >= 0.6 is 0 Å². The zero-order chi connectivity index (χ0) is 25.5. The number of hydrogen-bond donors (Lipinski definition) is 3. The Hall–Kier alpha value is -4.22. The molecule has 0 aliphatic heterocycles. The summed E-state index contributed by atoms with van der Waals surface area (Å²) in [6.07, 6.45) is 14.7. The number of aliphatic hydroxyl groups is 1. The molecule has 0 aliphatic rings. The van der Waals surface area contributed by atoms with E-state index in [1.807, 2.05) is 0 Å². The van der Waals surface area contributed by atoms with Crippen LogP contribution in [-0.2, 0) is 22.7 Å². The van der Waals surface area contributed by atoms with Gasteiger partial charge in [0.1, 0.15) is 48.8 Å². The Balaban J connectivity index is 1.77. The van der Waals surface area contributed by atoms with Crippen LogP contribution in [0.15, 0.2) is 24.4 Å². The quantitative estimate of drug-likeness (QED) is 0.229. The van der Waals surface area contributed by atoms with Gasteiger partial charge in [0, 0.05) is 31.2 Å². The molecule has 1 heterocycles. The van der Waals surface area contributed by atoms with Gasteiger partial charge in [-0.3, -0.25) is 14.3 Å². The zero-order valence-electron chi connectivity index (χ0n) is 19.3. The molecule has 0 unspecified atom stereocenters. The van der Waals surface area contributed by atoms with Crippen LogP contribution in [0.3, 0.4) is 0 Å². The highest BCUT2D eigenvalue weighted by Crippen LogP contribution is 2.28. The summed E-state index contributed by atoms with van der Waals surface area (Å²) in [4.78, 5) is 22.8. The van der Waals surface area contributed by atoms with E-state index in [0.29, 0.717) is 35.9 Å². The maximum Gasteiger partial charge on any atom is 0.242 e. The van der Waals surface area contributed by atoms with Gasteiger partial charge in [-0.2, -0.15) is 0 Å². The van der Waals surface area contributed by atoms with E-state index in [1.54, 1.807) is 29.1 Å². The molecular weight excluding hydrogens is 454 g/mol. The number of nitrogens with two attached hydrogens (primary N) is 1. The van der Waals surface area contributed by atoms with Gasteiger partial charge in [-0.05, 0) is 12.8 Å². The number of carbonyl (C=O) groups is 2. The molecule has 11 heteroatoms. The third-order valence-corrected chi connectivity index (χ3v) is 4.62. The Bertz CT molecular complexity index is 1020. The summed E-state index contributed by atoms with van der Waals surface area (Å²) >= 11 is 0. The first-order valence-corrected chi connectivity index (χ1v) is 10.9. The van der Waals surface area contributed by atoms with Gasteiger partial charge >= 0.3 is 0 Å². The number of aromatic nitrogens is 3. The smallest absolute Gasteiger partial charge is 0.242 e. The number of hydrogen-bond acceptors (Lipinski definition) is 8. The van der Waals surface area contributed by atoms with E-state index < -0.39 is 18.6 Å². The highest BCUT2D eigenvalue weighted by Gasteiger charge is 2.16. The van der Waals surface area contributed by atoms with Crippen molar-refractivity contribution in [2.75, 3.05) is 19.8 Å². The van der Waals surface area contributed by atoms with Crippen molar-refractivity contribution >= 4 is 11.8 Å². The van der Waals surface area contributed by atoms with Crippen molar-refractivity contribution in [3.05, 3.63) is 30.1 Å². The topological polar surface area (TPSA) is 151 Å². The van der Waals surface area contributed by atoms with Gasteiger partial charge in [-0.25, -0.2) is 0 Å². The van der Waals surface area contributed by atoms with Crippen LogP contribution in [0.4, 0.5) is 0 Å². The van der Waals surface area contributed by atoms with Crippen LogP contribution < -0.4 is 25.3 Å². The SMILES string of the molecule is C#CCOc1cc(OCC#C)cc(OCc2cn(CCCCCC(=O)N[C@@H](CO)C(N)=O)nn2)c1. The second-order valence-electron chi connectivity index (χ2n) is 7.40. The number of aryl methyl sites for hydroxylation is 1. The van der Waals surface area contributed by atoms with Crippen molar-refractivity contribution in [2.24, 2.45) is 5.73 Å². The minimum atomic E-state index is -1.06. The molecule has 1 aromatic carbocycles. The average Bonchev–Trinajstić information content (AvgIpc) is 3.30. The fourth-order valence-corrected chi connectivity index (χ4v) is 2.93. The number of ether oxygens (including phenoxy) is 3. The van der Waals surface area contributed by atoms with Crippen LogP contribution in [-0.4, -0.2) is 57.8 Å². The molecule has 2 amide bonds. The number of nitrogens with zero attached hydrogens (tertiary/aromatic N) is 3. The number of primary amides is 1. The minimum absolute atomic E-state index is 0.105. The molecule has 0 aliphatic carbocycles. The predicted molar refractivity (Wildman–Crippen MR) is 126 cm³/mol. The molecule has 0 bridgehead atoms. The van der Waals surface area contributed by atoms with E-state index in [0.717, 1.165) is 12.8 Å². The molecule has 1 aromatic heterocycles. The summed E-state index contributed by atoms with van der Waals surface area (Å²) in [6, 6.07) is 3.99. The molecule has 4 N–H and O–H groups in total. The molecule has 0 fully saturated rings. The lowest BCUT2D eigenvalue weighted by molar-refractivity contribution is -0.128. The summed E-state index contributed by atoms with van der Waals surface area (Å²) in [5.41, 5.74) is 5.71. The van der Waals surface area contributed by atoms with Gasteiger partial charge in [-0.15, -0.1) is 17.9 Å². The van der Waals surface area contributed by atoms with Crippen LogP contribution in [0.5, 0.6) is 17.2 Å². The van der Waals surface area contributed by atoms with Crippen LogP contribution in [0.25, 0.3) is 0 Å². The number of carbonyl (C=O) groups excluding carboxylic acids is 2. The van der Waals surface area contributed by atoms with Crippen molar-refractivity contribution in [2.45, 2.75) is 44.9 Å². The Labute approximate surface area is 203 Å². The molecule has 35 heavy (non-hydrogen) atoms. The van der Waals surface area contributed by atoms with Crippen molar-refractivity contribution < 1.29 is 28.9 Å². The number of nitrogens with one attached hydrogen (secondary N) is 1. The predicted octanol–water partition coefficient (Wildman–Crippen LogP) is 0.404. The molecule has 0 radical (unpaired) electrons. The standard InChI is InChI=1S/C24H29N5O6/c1-3-10-33-19-12-20(34-11-4-2)14-21(13-19)35-17-18-15-29(28-27-18)9-7-5-6-8-23(31)26-22(16-30)24(25)32/h1-2,12-15,22,30H,5-11,16-17H2,(H2,25,32)(H,26,31)/t22-/m0/s1. The molecular formula is C24H29N5O6. The average molecular weight is 484 g/mol. The first kappa shape index (κ1) is 27.0. The summed E-state index contributed by atoms with van der Waals surface area (Å²) in [5, 5.41) is 19.6. The number of unbranched alkanes of at least 4 members (excludes halogenated alkanes) is 2. The fraction of sp³-hybridized carbons (Fsp3) is 0.417. The van der Waals surface area contributed by atoms with E-state index in [2.05, 4.69) is 27.5 Å². The highest BCUT2D eigenvalue weighted by molar-refractivity contribution is 5.86. The van der Waals surface area contributed by atoms with Crippen molar-refractivity contribution in [1.29, 1.82) is 0 Å². The number of terminal acetylenes is 2. The van der Waals surface area contributed by atoms with E-state index in [-0.39, 0.29) is 32.1 Å². The number of benzene rings is 1. The van der Waals surface area contributed by atoms with E-state index in [9.17, 15) is 9.59 Å². The van der Waals surface area contributed by atoms with E-state index in [1.165, 1.54) is 0 Å². The molecule has 0 saturated carbocycles. The molecule has 2 aromatic rings. The van der Waals surface area contributed by atoms with Crippen LogP contribution in [0, 0.1) is 24.7 Å². The molecule has 0 spiro atoms. The van der Waals surface area contributed by atoms with Gasteiger partial charge < -0.3 is 30.4 Å². The molecule has 2 rings (SSSR count). The Kier molecular flexibility index (Phi) is 11.5.